The second kappa shape index (κ2) is 12.7. The molecule has 2 N–H and O–H groups in total. The van der Waals surface area contributed by atoms with E-state index in [0.717, 1.165) is 68.5 Å². The molecule has 2 aliphatic heterocycles. The third kappa shape index (κ3) is 6.39. The summed E-state index contributed by atoms with van der Waals surface area (Å²) >= 11 is 0. The number of hydroxylamine groups is 2. The lowest BCUT2D eigenvalue weighted by atomic mass is 9.97. The zero-order chi connectivity index (χ0) is 29.8. The Morgan fingerprint density at radius 2 is 1.81 bits per heavy atom. The van der Waals surface area contributed by atoms with E-state index in [2.05, 4.69) is 63.1 Å². The molecular formula is C33H37N5O5. The predicted molar refractivity (Wildman–Crippen MR) is 165 cm³/mol. The Balaban J connectivity index is 1.14. The van der Waals surface area contributed by atoms with Crippen molar-refractivity contribution in [2.75, 3.05) is 44.7 Å². The maximum Gasteiger partial charge on any atom is 0.560 e. The average Bonchev–Trinajstić information content (AvgIpc) is 3.45. The van der Waals surface area contributed by atoms with Gasteiger partial charge in [0.1, 0.15) is 17.1 Å². The average molecular weight is 584 g/mol. The number of oxime groups is 1. The fourth-order valence-electron chi connectivity index (χ4n) is 5.86. The van der Waals surface area contributed by atoms with Crippen LogP contribution in [0.1, 0.15) is 41.3 Å². The first-order valence-corrected chi connectivity index (χ1v) is 14.7. The SMILES string of the molecule is COc1ccc(CCCCN2CCN(c3cccc(C)c3)CC2)cc1C(c1cc2ccccc2o1)N1OC(=O)ON=C1N. The van der Waals surface area contributed by atoms with Crippen LogP contribution >= 0.6 is 0 Å². The van der Waals surface area contributed by atoms with Crippen molar-refractivity contribution < 1.29 is 23.6 Å². The maximum absolute atomic E-state index is 12.1. The lowest BCUT2D eigenvalue weighted by Gasteiger charge is -2.36. The maximum atomic E-state index is 12.1. The molecule has 6 rings (SSSR count). The summed E-state index contributed by atoms with van der Waals surface area (Å²) in [6, 6.07) is 23.7. The van der Waals surface area contributed by atoms with Crippen molar-refractivity contribution in [2.45, 2.75) is 32.2 Å². The number of nitrogens with zero attached hydrogens (tertiary/aromatic N) is 4. The summed E-state index contributed by atoms with van der Waals surface area (Å²) < 4.78 is 12.0. The molecule has 3 heterocycles. The van der Waals surface area contributed by atoms with Crippen LogP contribution in [0.4, 0.5) is 10.5 Å². The van der Waals surface area contributed by atoms with E-state index < -0.39 is 12.2 Å². The monoisotopic (exact) mass is 583 g/mol. The zero-order valence-corrected chi connectivity index (χ0v) is 24.6. The Labute approximate surface area is 251 Å². The normalized spacial score (nSPS) is 16.5. The highest BCUT2D eigenvalue weighted by Crippen LogP contribution is 2.39. The van der Waals surface area contributed by atoms with Gasteiger partial charge in [0.2, 0.25) is 0 Å². The van der Waals surface area contributed by atoms with Gasteiger partial charge in [-0.25, -0.2) is 0 Å². The van der Waals surface area contributed by atoms with Gasteiger partial charge >= 0.3 is 6.16 Å². The van der Waals surface area contributed by atoms with Crippen molar-refractivity contribution in [3.05, 3.63) is 95.2 Å². The fraction of sp³-hybridized carbons (Fsp3) is 0.333. The number of ether oxygens (including phenoxy) is 1. The summed E-state index contributed by atoms with van der Waals surface area (Å²) in [6.07, 6.45) is 2.04. The number of unbranched alkanes of at least 4 members (excludes halogenated alkanes) is 1. The van der Waals surface area contributed by atoms with Crippen LogP contribution in [0.15, 0.2) is 82.4 Å². The molecule has 0 amide bonds. The fourth-order valence-corrected chi connectivity index (χ4v) is 5.86. The van der Waals surface area contributed by atoms with Crippen molar-refractivity contribution in [3.63, 3.8) is 0 Å². The van der Waals surface area contributed by atoms with Crippen LogP contribution in [0.5, 0.6) is 5.75 Å². The number of nitrogens with two attached hydrogens (primary N) is 1. The van der Waals surface area contributed by atoms with E-state index in [-0.39, 0.29) is 5.96 Å². The summed E-state index contributed by atoms with van der Waals surface area (Å²) in [5.41, 5.74) is 11.3. The lowest BCUT2D eigenvalue weighted by Crippen LogP contribution is -2.46. The van der Waals surface area contributed by atoms with Gasteiger partial charge in [0.25, 0.3) is 5.96 Å². The number of furan rings is 1. The van der Waals surface area contributed by atoms with E-state index >= 15 is 0 Å². The molecule has 0 bridgehead atoms. The molecular weight excluding hydrogens is 546 g/mol. The number of guanidine groups is 1. The quantitative estimate of drug-likeness (QED) is 0.189. The molecule has 0 radical (unpaired) electrons. The van der Waals surface area contributed by atoms with Crippen LogP contribution in [-0.4, -0.2) is 61.9 Å². The molecule has 2 aliphatic rings. The number of fused-ring (bicyclic) bond motifs is 1. The largest absolute Gasteiger partial charge is 0.560 e. The standard InChI is InChI=1S/C33H37N5O5/c1-23-8-7-11-26(20-23)37-18-16-36(17-19-37)15-6-5-9-24-13-14-29(40-2)27(21-24)31(38-32(34)35-42-33(39)43-38)30-22-25-10-3-4-12-28(25)41-30/h3-4,7-8,10-14,20-22,31H,5-6,9,15-19H2,1-2H3,(H2,34,35). The molecule has 43 heavy (non-hydrogen) atoms. The summed E-state index contributed by atoms with van der Waals surface area (Å²) in [7, 11) is 1.61. The number of benzene rings is 3. The van der Waals surface area contributed by atoms with Crippen molar-refractivity contribution >= 4 is 28.8 Å². The Bertz CT molecular complexity index is 1580. The molecule has 1 saturated heterocycles. The first kappa shape index (κ1) is 28.4. The molecule has 0 saturated carbocycles. The van der Waals surface area contributed by atoms with Gasteiger partial charge in [0.05, 0.1) is 7.11 Å². The molecule has 3 aromatic carbocycles. The molecule has 1 aromatic heterocycles. The highest BCUT2D eigenvalue weighted by Gasteiger charge is 2.36. The van der Waals surface area contributed by atoms with Crippen LogP contribution in [0.2, 0.25) is 0 Å². The highest BCUT2D eigenvalue weighted by molar-refractivity contribution is 5.82. The summed E-state index contributed by atoms with van der Waals surface area (Å²) in [6.45, 7) is 7.46. The van der Waals surface area contributed by atoms with Crippen LogP contribution in [0, 0.1) is 6.92 Å². The number of methoxy groups -OCH3 is 1. The van der Waals surface area contributed by atoms with E-state index in [0.29, 0.717) is 17.1 Å². The Hall–Kier alpha value is -4.70. The number of carbonyl (C=O) groups excluding carboxylic acids is 1. The number of para-hydroxylation sites is 1. The lowest BCUT2D eigenvalue weighted by molar-refractivity contribution is -0.116. The van der Waals surface area contributed by atoms with Crippen molar-refractivity contribution in [1.29, 1.82) is 0 Å². The minimum atomic E-state index is -0.981. The van der Waals surface area contributed by atoms with Gasteiger partial charge in [-0.15, -0.1) is 0 Å². The molecule has 224 valence electrons. The zero-order valence-electron chi connectivity index (χ0n) is 24.6. The Morgan fingerprint density at radius 1 is 0.977 bits per heavy atom. The molecule has 10 heteroatoms. The van der Waals surface area contributed by atoms with E-state index in [4.69, 9.17) is 19.7 Å². The third-order valence-electron chi connectivity index (χ3n) is 8.08. The minimum Gasteiger partial charge on any atom is -0.496 e. The molecule has 1 atom stereocenters. The van der Waals surface area contributed by atoms with Crippen LogP contribution in [0.3, 0.4) is 0 Å². The van der Waals surface area contributed by atoms with E-state index in [1.807, 2.05) is 36.4 Å². The van der Waals surface area contributed by atoms with Crippen molar-refractivity contribution in [1.82, 2.24) is 9.96 Å². The second-order valence-corrected chi connectivity index (χ2v) is 11.0. The molecule has 0 spiro atoms. The molecule has 10 nitrogen and oxygen atoms in total. The number of carbonyl (C=O) groups is 1. The minimum absolute atomic E-state index is 0.111. The van der Waals surface area contributed by atoms with Crippen LogP contribution in [-0.2, 0) is 16.1 Å². The second-order valence-electron chi connectivity index (χ2n) is 11.0. The van der Waals surface area contributed by atoms with Gasteiger partial charge in [-0.3, -0.25) is 9.74 Å². The molecule has 1 fully saturated rings. The van der Waals surface area contributed by atoms with Crippen LogP contribution in [0.25, 0.3) is 11.0 Å². The van der Waals surface area contributed by atoms with E-state index in [1.165, 1.54) is 16.3 Å². The van der Waals surface area contributed by atoms with Gasteiger partial charge in [0.15, 0.2) is 6.04 Å². The predicted octanol–water partition coefficient (Wildman–Crippen LogP) is 5.60. The number of rotatable bonds is 10. The number of piperazine rings is 1. The third-order valence-corrected chi connectivity index (χ3v) is 8.08. The first-order valence-electron chi connectivity index (χ1n) is 14.7. The summed E-state index contributed by atoms with van der Waals surface area (Å²) in [5.74, 6) is 1.02. The number of aryl methyl sites for hydroxylation is 2. The summed E-state index contributed by atoms with van der Waals surface area (Å²) in [5, 5.41) is 5.80. The van der Waals surface area contributed by atoms with Gasteiger partial charge in [-0.1, -0.05) is 36.4 Å². The summed E-state index contributed by atoms with van der Waals surface area (Å²) in [4.78, 5) is 27.1. The van der Waals surface area contributed by atoms with Crippen molar-refractivity contribution in [3.8, 4) is 5.75 Å². The van der Waals surface area contributed by atoms with Crippen molar-refractivity contribution in [2.24, 2.45) is 10.9 Å². The number of hydrogen-bond acceptors (Lipinski definition) is 10. The molecule has 4 aromatic rings. The van der Waals surface area contributed by atoms with Gasteiger partial charge < -0.3 is 24.6 Å². The first-order chi connectivity index (χ1) is 21.0. The van der Waals surface area contributed by atoms with Gasteiger partial charge in [0, 0.05) is 42.8 Å². The van der Waals surface area contributed by atoms with E-state index in [1.54, 1.807) is 7.11 Å². The Kier molecular flexibility index (Phi) is 8.37. The number of anilines is 1. The Morgan fingerprint density at radius 3 is 2.60 bits per heavy atom. The highest BCUT2D eigenvalue weighted by atomic mass is 16.9. The molecule has 1 unspecified atom stereocenters. The number of hydrogen-bond donors (Lipinski definition) is 1. The van der Waals surface area contributed by atoms with Gasteiger partial charge in [-0.2, -0.15) is 9.86 Å². The molecule has 0 aliphatic carbocycles. The topological polar surface area (TPSA) is 106 Å². The smallest absolute Gasteiger partial charge is 0.496 e. The van der Waals surface area contributed by atoms with E-state index in [9.17, 15) is 4.79 Å². The van der Waals surface area contributed by atoms with Crippen LogP contribution < -0.4 is 15.4 Å². The van der Waals surface area contributed by atoms with Gasteiger partial charge in [-0.05, 0) is 85.4 Å².